The molecule has 1 atom stereocenters. The number of carbonyl (C=O) groups excluding carboxylic acids is 2. The number of nitrogens with two attached hydrogens (primary N) is 1. The highest BCUT2D eigenvalue weighted by Crippen LogP contribution is 2.13. The van der Waals surface area contributed by atoms with E-state index < -0.39 is 0 Å². The molecule has 0 aliphatic rings. The quantitative estimate of drug-likeness (QED) is 0.660. The number of hydrogen-bond acceptors (Lipinski definition) is 4. The summed E-state index contributed by atoms with van der Waals surface area (Å²) in [5.74, 6) is 0.156. The van der Waals surface area contributed by atoms with Gasteiger partial charge >= 0.3 is 5.97 Å². The zero-order valence-corrected chi connectivity index (χ0v) is 11.9. The SMILES string of the molecule is COC(=O)CCCN(C)C(=O)C(CN)CC(C)C. The van der Waals surface area contributed by atoms with E-state index >= 15 is 0 Å². The van der Waals surface area contributed by atoms with E-state index in [0.717, 1.165) is 6.42 Å². The summed E-state index contributed by atoms with van der Waals surface area (Å²) >= 11 is 0. The molecule has 5 nitrogen and oxygen atoms in total. The van der Waals surface area contributed by atoms with Crippen molar-refractivity contribution in [3.8, 4) is 0 Å². The lowest BCUT2D eigenvalue weighted by atomic mass is 9.96. The monoisotopic (exact) mass is 258 g/mol. The Bertz CT molecular complexity index is 267. The Morgan fingerprint density at radius 2 is 1.94 bits per heavy atom. The first-order chi connectivity index (χ1) is 8.42. The molecule has 0 aromatic heterocycles. The second kappa shape index (κ2) is 8.91. The van der Waals surface area contributed by atoms with Gasteiger partial charge in [-0.05, 0) is 18.8 Å². The third kappa shape index (κ3) is 6.59. The Labute approximate surface area is 110 Å². The van der Waals surface area contributed by atoms with Crippen LogP contribution in [0.4, 0.5) is 0 Å². The van der Waals surface area contributed by atoms with Gasteiger partial charge in [-0.25, -0.2) is 0 Å². The predicted octanol–water partition coefficient (Wildman–Crippen LogP) is 1.02. The Kier molecular flexibility index (Phi) is 8.37. The minimum atomic E-state index is -0.242. The zero-order chi connectivity index (χ0) is 14.1. The van der Waals surface area contributed by atoms with E-state index in [1.165, 1.54) is 7.11 Å². The molecule has 0 aromatic carbocycles. The normalized spacial score (nSPS) is 12.3. The standard InChI is InChI=1S/C13H26N2O3/c1-10(2)8-11(9-14)13(17)15(3)7-5-6-12(16)18-4/h10-11H,5-9,14H2,1-4H3. The number of methoxy groups -OCH3 is 1. The highest BCUT2D eigenvalue weighted by atomic mass is 16.5. The maximum atomic E-state index is 12.1. The maximum absolute atomic E-state index is 12.1. The molecule has 0 spiro atoms. The van der Waals surface area contributed by atoms with Crippen LogP contribution in [0.1, 0.15) is 33.1 Å². The zero-order valence-electron chi connectivity index (χ0n) is 11.9. The lowest BCUT2D eigenvalue weighted by Crippen LogP contribution is -2.38. The fourth-order valence-electron chi connectivity index (χ4n) is 1.85. The van der Waals surface area contributed by atoms with Crippen LogP contribution < -0.4 is 5.73 Å². The van der Waals surface area contributed by atoms with Gasteiger partial charge in [-0.1, -0.05) is 13.8 Å². The summed E-state index contributed by atoms with van der Waals surface area (Å²) in [4.78, 5) is 24.7. The molecule has 18 heavy (non-hydrogen) atoms. The molecular weight excluding hydrogens is 232 g/mol. The predicted molar refractivity (Wildman–Crippen MR) is 70.9 cm³/mol. The second-order valence-electron chi connectivity index (χ2n) is 5.00. The second-order valence-corrected chi connectivity index (χ2v) is 5.00. The van der Waals surface area contributed by atoms with Crippen molar-refractivity contribution in [2.45, 2.75) is 33.1 Å². The highest BCUT2D eigenvalue weighted by molar-refractivity contribution is 5.78. The fraction of sp³-hybridized carbons (Fsp3) is 0.846. The molecule has 5 heteroatoms. The molecule has 0 saturated heterocycles. The maximum Gasteiger partial charge on any atom is 0.305 e. The number of nitrogens with zero attached hydrogens (tertiary/aromatic N) is 1. The summed E-state index contributed by atoms with van der Waals surface area (Å²) in [7, 11) is 3.12. The van der Waals surface area contributed by atoms with Crippen molar-refractivity contribution in [3.63, 3.8) is 0 Å². The minimum Gasteiger partial charge on any atom is -0.469 e. The largest absolute Gasteiger partial charge is 0.469 e. The Morgan fingerprint density at radius 1 is 1.33 bits per heavy atom. The lowest BCUT2D eigenvalue weighted by molar-refractivity contribution is -0.141. The summed E-state index contributed by atoms with van der Waals surface area (Å²) in [6, 6.07) is 0. The van der Waals surface area contributed by atoms with Gasteiger partial charge in [0.05, 0.1) is 13.0 Å². The van der Waals surface area contributed by atoms with E-state index in [4.69, 9.17) is 5.73 Å². The van der Waals surface area contributed by atoms with E-state index in [1.54, 1.807) is 11.9 Å². The molecule has 0 rings (SSSR count). The molecule has 2 N–H and O–H groups in total. The van der Waals surface area contributed by atoms with Gasteiger partial charge in [-0.3, -0.25) is 9.59 Å². The highest BCUT2D eigenvalue weighted by Gasteiger charge is 2.21. The van der Waals surface area contributed by atoms with Gasteiger partial charge < -0.3 is 15.4 Å². The molecule has 106 valence electrons. The first-order valence-corrected chi connectivity index (χ1v) is 6.44. The molecule has 0 radical (unpaired) electrons. The van der Waals surface area contributed by atoms with Crippen LogP contribution in [0.2, 0.25) is 0 Å². The summed E-state index contributed by atoms with van der Waals surface area (Å²) in [5.41, 5.74) is 5.64. The average Bonchev–Trinajstić information content (AvgIpc) is 2.34. The van der Waals surface area contributed by atoms with Gasteiger partial charge in [0.2, 0.25) is 5.91 Å². The van der Waals surface area contributed by atoms with E-state index in [0.29, 0.717) is 31.8 Å². The Balaban J connectivity index is 4.10. The number of amides is 1. The molecule has 1 unspecified atom stereocenters. The number of ether oxygens (including phenoxy) is 1. The van der Waals surface area contributed by atoms with Crippen LogP contribution in [0.25, 0.3) is 0 Å². The van der Waals surface area contributed by atoms with Gasteiger partial charge in [0, 0.05) is 26.6 Å². The van der Waals surface area contributed by atoms with Gasteiger partial charge in [-0.2, -0.15) is 0 Å². The van der Waals surface area contributed by atoms with Crippen molar-refractivity contribution in [2.75, 3.05) is 27.2 Å². The molecule has 0 aliphatic carbocycles. The molecule has 0 saturated carbocycles. The molecule has 0 aliphatic heterocycles. The summed E-state index contributed by atoms with van der Waals surface area (Å²) in [5, 5.41) is 0. The summed E-state index contributed by atoms with van der Waals surface area (Å²) in [6.07, 6.45) is 1.76. The topological polar surface area (TPSA) is 72.6 Å². The average molecular weight is 258 g/mol. The van der Waals surface area contributed by atoms with Crippen LogP contribution >= 0.6 is 0 Å². The van der Waals surface area contributed by atoms with E-state index in [-0.39, 0.29) is 17.8 Å². The van der Waals surface area contributed by atoms with Crippen LogP contribution in [0.5, 0.6) is 0 Å². The van der Waals surface area contributed by atoms with Crippen LogP contribution in [0, 0.1) is 11.8 Å². The lowest BCUT2D eigenvalue weighted by Gasteiger charge is -2.23. The van der Waals surface area contributed by atoms with E-state index in [2.05, 4.69) is 18.6 Å². The van der Waals surface area contributed by atoms with Crippen LogP contribution in [0.3, 0.4) is 0 Å². The first kappa shape index (κ1) is 16.9. The summed E-state index contributed by atoms with van der Waals surface area (Å²) in [6.45, 7) is 5.08. The van der Waals surface area contributed by atoms with Gasteiger partial charge in [-0.15, -0.1) is 0 Å². The molecule has 0 fully saturated rings. The van der Waals surface area contributed by atoms with E-state index in [9.17, 15) is 9.59 Å². The van der Waals surface area contributed by atoms with Crippen LogP contribution in [0.15, 0.2) is 0 Å². The van der Waals surface area contributed by atoms with Gasteiger partial charge in [0.1, 0.15) is 0 Å². The van der Waals surface area contributed by atoms with Gasteiger partial charge in [0.15, 0.2) is 0 Å². The van der Waals surface area contributed by atoms with Crippen molar-refractivity contribution < 1.29 is 14.3 Å². The number of rotatable bonds is 8. The van der Waals surface area contributed by atoms with Crippen molar-refractivity contribution in [1.82, 2.24) is 4.90 Å². The molecular formula is C13H26N2O3. The molecule has 1 amide bonds. The van der Waals surface area contributed by atoms with Crippen molar-refractivity contribution in [1.29, 1.82) is 0 Å². The van der Waals surface area contributed by atoms with Crippen LogP contribution in [-0.4, -0.2) is 44.0 Å². The molecule has 0 aromatic rings. The summed E-state index contributed by atoms with van der Waals surface area (Å²) < 4.78 is 4.55. The van der Waals surface area contributed by atoms with Crippen molar-refractivity contribution in [3.05, 3.63) is 0 Å². The number of hydrogen-bond donors (Lipinski definition) is 1. The Hall–Kier alpha value is -1.10. The number of carbonyl (C=O) groups is 2. The minimum absolute atomic E-state index is 0.0658. The van der Waals surface area contributed by atoms with Crippen LogP contribution in [-0.2, 0) is 14.3 Å². The molecule has 0 heterocycles. The third-order valence-corrected chi connectivity index (χ3v) is 2.87. The smallest absolute Gasteiger partial charge is 0.305 e. The fourth-order valence-corrected chi connectivity index (χ4v) is 1.85. The van der Waals surface area contributed by atoms with Crippen molar-refractivity contribution in [2.24, 2.45) is 17.6 Å². The molecule has 0 bridgehead atoms. The van der Waals surface area contributed by atoms with E-state index in [1.807, 2.05) is 0 Å². The van der Waals surface area contributed by atoms with Crippen molar-refractivity contribution >= 4 is 11.9 Å². The number of esters is 1. The van der Waals surface area contributed by atoms with Gasteiger partial charge in [0.25, 0.3) is 0 Å². The third-order valence-electron chi connectivity index (χ3n) is 2.87. The first-order valence-electron chi connectivity index (χ1n) is 6.44. The Morgan fingerprint density at radius 3 is 2.39 bits per heavy atom.